The molecule has 0 aliphatic rings. The minimum absolute atomic E-state index is 0.223. The smallest absolute Gasteiger partial charge is 0.240 e. The normalized spacial score (nSPS) is 12.6. The Hall–Kier alpha value is -2.45. The molecule has 1 amide bonds. The second kappa shape index (κ2) is 9.16. The fourth-order valence-electron chi connectivity index (χ4n) is 2.93. The first-order chi connectivity index (χ1) is 13.1. The SMILES string of the molecule is Cc1ccccc1N(CC(=O)NC[C@@H](c1cccc(F)c1)N(C)C)S(C)(=O)=O. The molecule has 0 aliphatic carbocycles. The Morgan fingerprint density at radius 1 is 1.14 bits per heavy atom. The van der Waals surface area contributed by atoms with Crippen molar-refractivity contribution in [2.45, 2.75) is 13.0 Å². The third-order valence-electron chi connectivity index (χ3n) is 4.42. The minimum atomic E-state index is -3.64. The van der Waals surface area contributed by atoms with Crippen LogP contribution in [0, 0.1) is 12.7 Å². The third kappa shape index (κ3) is 5.77. The summed E-state index contributed by atoms with van der Waals surface area (Å²) in [5, 5.41) is 2.76. The lowest BCUT2D eigenvalue weighted by Gasteiger charge is -2.27. The predicted octanol–water partition coefficient (Wildman–Crippen LogP) is 2.32. The van der Waals surface area contributed by atoms with Gasteiger partial charge < -0.3 is 10.2 Å². The van der Waals surface area contributed by atoms with E-state index in [0.717, 1.165) is 21.7 Å². The van der Waals surface area contributed by atoms with Crippen LogP contribution in [-0.4, -0.2) is 52.7 Å². The molecule has 0 bridgehead atoms. The molecule has 0 saturated carbocycles. The van der Waals surface area contributed by atoms with Gasteiger partial charge in [-0.1, -0.05) is 30.3 Å². The van der Waals surface area contributed by atoms with Crippen LogP contribution >= 0.6 is 0 Å². The molecule has 6 nitrogen and oxygen atoms in total. The van der Waals surface area contributed by atoms with Crippen molar-refractivity contribution in [1.29, 1.82) is 0 Å². The number of amides is 1. The van der Waals surface area contributed by atoms with Crippen molar-refractivity contribution in [3.8, 4) is 0 Å². The quantitative estimate of drug-likeness (QED) is 0.729. The lowest BCUT2D eigenvalue weighted by atomic mass is 10.1. The molecular weight excluding hydrogens is 381 g/mol. The molecule has 0 unspecified atom stereocenters. The number of hydrogen-bond donors (Lipinski definition) is 1. The standard InChI is InChI=1S/C20H26FN3O3S/c1-15-8-5-6-11-18(15)24(28(4,26)27)14-20(25)22-13-19(23(2)3)16-9-7-10-17(21)12-16/h5-12,19H,13-14H2,1-4H3,(H,22,25)/t19-/m0/s1. The first kappa shape index (κ1) is 21.8. The molecule has 28 heavy (non-hydrogen) atoms. The molecule has 0 radical (unpaired) electrons. The van der Waals surface area contributed by atoms with E-state index in [2.05, 4.69) is 5.32 Å². The maximum absolute atomic E-state index is 13.5. The van der Waals surface area contributed by atoms with Crippen molar-refractivity contribution in [2.24, 2.45) is 0 Å². The third-order valence-corrected chi connectivity index (χ3v) is 5.55. The fourth-order valence-corrected chi connectivity index (χ4v) is 3.85. The van der Waals surface area contributed by atoms with Gasteiger partial charge in [-0.05, 0) is 50.3 Å². The van der Waals surface area contributed by atoms with Crippen LogP contribution in [0.1, 0.15) is 17.2 Å². The summed E-state index contributed by atoms with van der Waals surface area (Å²) in [6.45, 7) is 1.69. The number of halogens is 1. The largest absolute Gasteiger partial charge is 0.353 e. The number of nitrogens with one attached hydrogen (secondary N) is 1. The maximum atomic E-state index is 13.5. The zero-order valence-corrected chi connectivity index (χ0v) is 17.3. The Morgan fingerprint density at radius 2 is 1.82 bits per heavy atom. The Labute approximate surface area is 166 Å². The Kier molecular flexibility index (Phi) is 7.15. The van der Waals surface area contributed by atoms with Gasteiger partial charge in [0.25, 0.3) is 0 Å². The molecule has 2 aromatic rings. The highest BCUT2D eigenvalue weighted by Crippen LogP contribution is 2.22. The highest BCUT2D eigenvalue weighted by Gasteiger charge is 2.23. The predicted molar refractivity (Wildman–Crippen MR) is 109 cm³/mol. The molecule has 2 aromatic carbocycles. The number of sulfonamides is 1. The Balaban J connectivity index is 2.13. The van der Waals surface area contributed by atoms with Crippen molar-refractivity contribution in [1.82, 2.24) is 10.2 Å². The van der Waals surface area contributed by atoms with Gasteiger partial charge in [-0.25, -0.2) is 12.8 Å². The van der Waals surface area contributed by atoms with Crippen LogP contribution in [0.4, 0.5) is 10.1 Å². The molecule has 0 aromatic heterocycles. The van der Waals surface area contributed by atoms with Gasteiger partial charge in [-0.2, -0.15) is 0 Å². The molecule has 1 N–H and O–H groups in total. The average Bonchev–Trinajstić information content (AvgIpc) is 2.59. The number of anilines is 1. The van der Waals surface area contributed by atoms with Crippen molar-refractivity contribution >= 4 is 21.6 Å². The second-order valence-electron chi connectivity index (χ2n) is 6.89. The Bertz CT molecular complexity index is 932. The van der Waals surface area contributed by atoms with Crippen LogP contribution < -0.4 is 9.62 Å². The van der Waals surface area contributed by atoms with Crippen molar-refractivity contribution in [3.05, 3.63) is 65.5 Å². The average molecular weight is 408 g/mol. The van der Waals surface area contributed by atoms with Crippen molar-refractivity contribution in [2.75, 3.05) is 37.7 Å². The van der Waals surface area contributed by atoms with E-state index in [1.807, 2.05) is 19.0 Å². The van der Waals surface area contributed by atoms with Crippen LogP contribution in [-0.2, 0) is 14.8 Å². The number of carbonyl (C=O) groups is 1. The van der Waals surface area contributed by atoms with Gasteiger partial charge in [-0.3, -0.25) is 9.10 Å². The van der Waals surface area contributed by atoms with Crippen LogP contribution in [0.2, 0.25) is 0 Å². The van der Waals surface area contributed by atoms with Crippen LogP contribution in [0.25, 0.3) is 0 Å². The molecule has 0 spiro atoms. The van der Waals surface area contributed by atoms with E-state index >= 15 is 0 Å². The lowest BCUT2D eigenvalue weighted by Crippen LogP contribution is -2.43. The Morgan fingerprint density at radius 3 is 2.39 bits per heavy atom. The van der Waals surface area contributed by atoms with E-state index in [1.165, 1.54) is 12.1 Å². The number of para-hydroxylation sites is 1. The number of carbonyl (C=O) groups excluding carboxylic acids is 1. The van der Waals surface area contributed by atoms with Gasteiger partial charge in [0.2, 0.25) is 15.9 Å². The van der Waals surface area contributed by atoms with Gasteiger partial charge >= 0.3 is 0 Å². The zero-order valence-electron chi connectivity index (χ0n) is 16.5. The molecule has 0 aliphatic heterocycles. The number of benzene rings is 2. The molecule has 0 heterocycles. The van der Waals surface area contributed by atoms with E-state index in [1.54, 1.807) is 43.3 Å². The lowest BCUT2D eigenvalue weighted by molar-refractivity contribution is -0.119. The van der Waals surface area contributed by atoms with Crippen LogP contribution in [0.3, 0.4) is 0 Å². The van der Waals surface area contributed by atoms with Gasteiger partial charge in [0.1, 0.15) is 12.4 Å². The monoisotopic (exact) mass is 407 g/mol. The number of aryl methyl sites for hydroxylation is 1. The first-order valence-corrected chi connectivity index (χ1v) is 10.7. The zero-order chi connectivity index (χ0) is 20.9. The van der Waals surface area contributed by atoms with Gasteiger partial charge in [0.15, 0.2) is 0 Å². The molecule has 0 saturated heterocycles. The molecule has 8 heteroatoms. The summed E-state index contributed by atoms with van der Waals surface area (Å²) < 4.78 is 39.1. The van der Waals surface area contributed by atoms with E-state index in [9.17, 15) is 17.6 Å². The number of hydrogen-bond acceptors (Lipinski definition) is 4. The summed E-state index contributed by atoms with van der Waals surface area (Å²) >= 11 is 0. The van der Waals surface area contributed by atoms with Gasteiger partial charge in [0, 0.05) is 6.54 Å². The fraction of sp³-hybridized carbons (Fsp3) is 0.350. The molecule has 152 valence electrons. The summed E-state index contributed by atoms with van der Waals surface area (Å²) in [5.41, 5.74) is 1.95. The van der Waals surface area contributed by atoms with E-state index in [-0.39, 0.29) is 24.9 Å². The van der Waals surface area contributed by atoms with Crippen molar-refractivity contribution in [3.63, 3.8) is 0 Å². The highest BCUT2D eigenvalue weighted by atomic mass is 32.2. The summed E-state index contributed by atoms with van der Waals surface area (Å²) in [6.07, 6.45) is 1.07. The van der Waals surface area contributed by atoms with Crippen LogP contribution in [0.5, 0.6) is 0 Å². The van der Waals surface area contributed by atoms with E-state index in [0.29, 0.717) is 5.69 Å². The molecule has 2 rings (SSSR count). The second-order valence-corrected chi connectivity index (χ2v) is 8.80. The van der Waals surface area contributed by atoms with Gasteiger partial charge in [-0.15, -0.1) is 0 Å². The summed E-state index contributed by atoms with van der Waals surface area (Å²) in [5.74, 6) is -0.782. The maximum Gasteiger partial charge on any atom is 0.240 e. The minimum Gasteiger partial charge on any atom is -0.353 e. The highest BCUT2D eigenvalue weighted by molar-refractivity contribution is 7.92. The van der Waals surface area contributed by atoms with E-state index < -0.39 is 15.9 Å². The molecular formula is C20H26FN3O3S. The molecule has 1 atom stereocenters. The topological polar surface area (TPSA) is 69.7 Å². The van der Waals surface area contributed by atoms with Crippen molar-refractivity contribution < 1.29 is 17.6 Å². The van der Waals surface area contributed by atoms with Crippen LogP contribution in [0.15, 0.2) is 48.5 Å². The summed E-state index contributed by atoms with van der Waals surface area (Å²) in [6, 6.07) is 12.9. The number of rotatable bonds is 8. The number of likely N-dealkylation sites (N-methyl/N-ethyl adjacent to an activating group) is 1. The number of nitrogens with zero attached hydrogens (tertiary/aromatic N) is 2. The summed E-state index contributed by atoms with van der Waals surface area (Å²) in [4.78, 5) is 14.4. The molecule has 0 fully saturated rings. The van der Waals surface area contributed by atoms with E-state index in [4.69, 9.17) is 0 Å². The summed E-state index contributed by atoms with van der Waals surface area (Å²) in [7, 11) is 0.0267. The van der Waals surface area contributed by atoms with Gasteiger partial charge in [0.05, 0.1) is 18.0 Å². The first-order valence-electron chi connectivity index (χ1n) is 8.81.